The highest BCUT2D eigenvalue weighted by Gasteiger charge is 2.15. The highest BCUT2D eigenvalue weighted by Crippen LogP contribution is 2.22. The smallest absolute Gasteiger partial charge is 0.249 e. The first-order valence-electron chi connectivity index (χ1n) is 5.71. The zero-order chi connectivity index (χ0) is 12.3. The number of rotatable bonds is 4. The molecular formula is C12H16N4O. The lowest BCUT2D eigenvalue weighted by Gasteiger charge is -2.05. The van der Waals surface area contributed by atoms with Gasteiger partial charge in [0, 0.05) is 11.9 Å². The van der Waals surface area contributed by atoms with Crippen molar-refractivity contribution in [3.05, 3.63) is 29.9 Å². The molecule has 0 saturated heterocycles. The van der Waals surface area contributed by atoms with Crippen molar-refractivity contribution in [2.45, 2.75) is 26.8 Å². The van der Waals surface area contributed by atoms with Crippen molar-refractivity contribution < 1.29 is 4.42 Å². The summed E-state index contributed by atoms with van der Waals surface area (Å²) < 4.78 is 5.64. The summed E-state index contributed by atoms with van der Waals surface area (Å²) in [6.07, 6.45) is 1.75. The average Bonchev–Trinajstić information content (AvgIpc) is 2.79. The summed E-state index contributed by atoms with van der Waals surface area (Å²) in [6.45, 7) is 6.83. The molecule has 0 aromatic carbocycles. The molecule has 2 aromatic heterocycles. The van der Waals surface area contributed by atoms with E-state index in [2.05, 4.69) is 20.5 Å². The monoisotopic (exact) mass is 232 g/mol. The van der Waals surface area contributed by atoms with E-state index in [1.165, 1.54) is 0 Å². The second-order valence-corrected chi connectivity index (χ2v) is 3.86. The van der Waals surface area contributed by atoms with Crippen molar-refractivity contribution in [3.8, 4) is 11.5 Å². The Morgan fingerprint density at radius 3 is 2.94 bits per heavy atom. The number of aryl methyl sites for hydroxylation is 1. The Morgan fingerprint density at radius 2 is 2.24 bits per heavy atom. The van der Waals surface area contributed by atoms with Crippen LogP contribution in [0.5, 0.6) is 0 Å². The standard InChI is InChI=1S/C12H16N4O/c1-4-13-9(3)11-15-16-12(17-11)10-6-5-7-14-8(10)2/h5-7,9,13H,4H2,1-3H3. The number of nitrogens with zero attached hydrogens (tertiary/aromatic N) is 3. The minimum Gasteiger partial charge on any atom is -0.419 e. The molecule has 0 aliphatic rings. The molecule has 0 aliphatic carbocycles. The number of pyridine rings is 1. The van der Waals surface area contributed by atoms with Crippen LogP contribution in [0.1, 0.15) is 31.5 Å². The molecule has 0 bridgehead atoms. The number of nitrogens with one attached hydrogen (secondary N) is 1. The predicted molar refractivity (Wildman–Crippen MR) is 64.4 cm³/mol. The lowest BCUT2D eigenvalue weighted by Crippen LogP contribution is -2.17. The van der Waals surface area contributed by atoms with Crippen molar-refractivity contribution in [3.63, 3.8) is 0 Å². The van der Waals surface area contributed by atoms with Crippen molar-refractivity contribution in [1.29, 1.82) is 0 Å². The van der Waals surface area contributed by atoms with Crippen molar-refractivity contribution in [2.24, 2.45) is 0 Å². The Balaban J connectivity index is 2.27. The third kappa shape index (κ3) is 2.50. The van der Waals surface area contributed by atoms with Gasteiger partial charge in [-0.3, -0.25) is 4.98 Å². The van der Waals surface area contributed by atoms with E-state index < -0.39 is 0 Å². The van der Waals surface area contributed by atoms with Crippen LogP contribution in [0.3, 0.4) is 0 Å². The van der Waals surface area contributed by atoms with Crippen LogP contribution in [0.2, 0.25) is 0 Å². The Kier molecular flexibility index (Phi) is 3.49. The molecule has 1 N–H and O–H groups in total. The van der Waals surface area contributed by atoms with Gasteiger partial charge in [-0.1, -0.05) is 6.92 Å². The fourth-order valence-corrected chi connectivity index (χ4v) is 1.62. The zero-order valence-corrected chi connectivity index (χ0v) is 10.3. The van der Waals surface area contributed by atoms with Crippen molar-refractivity contribution >= 4 is 0 Å². The van der Waals surface area contributed by atoms with Crippen LogP contribution in [-0.4, -0.2) is 21.7 Å². The predicted octanol–water partition coefficient (Wildman–Crippen LogP) is 2.11. The maximum Gasteiger partial charge on any atom is 0.249 e. The summed E-state index contributed by atoms with van der Waals surface area (Å²) >= 11 is 0. The lowest BCUT2D eigenvalue weighted by atomic mass is 10.2. The van der Waals surface area contributed by atoms with Crippen molar-refractivity contribution in [2.75, 3.05) is 6.54 Å². The van der Waals surface area contributed by atoms with Crippen LogP contribution >= 0.6 is 0 Å². The quantitative estimate of drug-likeness (QED) is 0.874. The molecule has 0 amide bonds. The van der Waals surface area contributed by atoms with E-state index in [-0.39, 0.29) is 6.04 Å². The van der Waals surface area contributed by atoms with Crippen LogP contribution in [0.15, 0.2) is 22.7 Å². The molecule has 2 heterocycles. The van der Waals surface area contributed by atoms with Crippen LogP contribution in [-0.2, 0) is 0 Å². The van der Waals surface area contributed by atoms with Crippen molar-refractivity contribution in [1.82, 2.24) is 20.5 Å². The van der Waals surface area contributed by atoms with Gasteiger partial charge < -0.3 is 9.73 Å². The Labute approximate surface area is 100 Å². The number of hydrogen-bond acceptors (Lipinski definition) is 5. The summed E-state index contributed by atoms with van der Waals surface area (Å²) in [5, 5.41) is 11.3. The van der Waals surface area contributed by atoms with Crippen LogP contribution < -0.4 is 5.32 Å². The second kappa shape index (κ2) is 5.05. The topological polar surface area (TPSA) is 63.8 Å². The van der Waals surface area contributed by atoms with Gasteiger partial charge in [0.25, 0.3) is 0 Å². The normalized spacial score (nSPS) is 12.6. The molecule has 17 heavy (non-hydrogen) atoms. The second-order valence-electron chi connectivity index (χ2n) is 3.86. The van der Waals surface area contributed by atoms with E-state index in [4.69, 9.17) is 4.42 Å². The Hall–Kier alpha value is -1.75. The molecule has 2 rings (SSSR count). The van der Waals surface area contributed by atoms with Gasteiger partial charge in [0.15, 0.2) is 0 Å². The summed E-state index contributed by atoms with van der Waals surface area (Å²) in [5.41, 5.74) is 1.77. The van der Waals surface area contributed by atoms with Gasteiger partial charge in [0.1, 0.15) is 0 Å². The van der Waals surface area contributed by atoms with Gasteiger partial charge in [-0.15, -0.1) is 10.2 Å². The van der Waals surface area contributed by atoms with Gasteiger partial charge in [0.2, 0.25) is 11.8 Å². The van der Waals surface area contributed by atoms with Crippen LogP contribution in [0.4, 0.5) is 0 Å². The van der Waals surface area contributed by atoms with E-state index in [0.29, 0.717) is 11.8 Å². The molecule has 0 spiro atoms. The van der Waals surface area contributed by atoms with E-state index in [1.807, 2.05) is 32.9 Å². The highest BCUT2D eigenvalue weighted by atomic mass is 16.4. The van der Waals surface area contributed by atoms with E-state index in [1.54, 1.807) is 6.20 Å². The van der Waals surface area contributed by atoms with E-state index in [0.717, 1.165) is 17.8 Å². The molecule has 5 heteroatoms. The first-order chi connectivity index (χ1) is 8.22. The highest BCUT2D eigenvalue weighted by molar-refractivity contribution is 5.55. The average molecular weight is 232 g/mol. The van der Waals surface area contributed by atoms with Crippen LogP contribution in [0, 0.1) is 6.92 Å². The minimum atomic E-state index is 0.0678. The minimum absolute atomic E-state index is 0.0678. The Morgan fingerprint density at radius 1 is 1.41 bits per heavy atom. The third-order valence-electron chi connectivity index (χ3n) is 2.56. The maximum absolute atomic E-state index is 5.64. The van der Waals surface area contributed by atoms with Gasteiger partial charge >= 0.3 is 0 Å². The number of aromatic nitrogens is 3. The van der Waals surface area contributed by atoms with E-state index in [9.17, 15) is 0 Å². The van der Waals surface area contributed by atoms with Crippen LogP contribution in [0.25, 0.3) is 11.5 Å². The molecule has 0 fully saturated rings. The van der Waals surface area contributed by atoms with Gasteiger partial charge in [-0.2, -0.15) is 0 Å². The van der Waals surface area contributed by atoms with Gasteiger partial charge in [0.05, 0.1) is 11.6 Å². The summed E-state index contributed by atoms with van der Waals surface area (Å²) in [6, 6.07) is 3.86. The van der Waals surface area contributed by atoms with E-state index >= 15 is 0 Å². The van der Waals surface area contributed by atoms with Gasteiger partial charge in [-0.25, -0.2) is 0 Å². The first-order valence-corrected chi connectivity index (χ1v) is 5.71. The number of hydrogen-bond donors (Lipinski definition) is 1. The molecule has 1 atom stereocenters. The lowest BCUT2D eigenvalue weighted by molar-refractivity contribution is 0.428. The molecule has 90 valence electrons. The Bertz CT molecular complexity index is 495. The molecule has 0 saturated carbocycles. The SMILES string of the molecule is CCNC(C)c1nnc(-c2cccnc2C)o1. The maximum atomic E-state index is 5.64. The summed E-state index contributed by atoms with van der Waals surface area (Å²) in [5.74, 6) is 1.13. The zero-order valence-electron chi connectivity index (χ0n) is 10.3. The molecule has 0 aliphatic heterocycles. The fraction of sp³-hybridized carbons (Fsp3) is 0.417. The fourth-order valence-electron chi connectivity index (χ4n) is 1.62. The first kappa shape index (κ1) is 11.7. The third-order valence-corrected chi connectivity index (χ3v) is 2.56. The molecular weight excluding hydrogens is 216 g/mol. The van der Waals surface area contributed by atoms with Gasteiger partial charge in [-0.05, 0) is 32.5 Å². The summed E-state index contributed by atoms with van der Waals surface area (Å²) in [7, 11) is 0. The largest absolute Gasteiger partial charge is 0.419 e. The molecule has 2 aromatic rings. The summed E-state index contributed by atoms with van der Waals surface area (Å²) in [4.78, 5) is 4.20. The molecule has 0 radical (unpaired) electrons. The molecule has 5 nitrogen and oxygen atoms in total. The molecule has 1 unspecified atom stereocenters.